The zero-order valence-corrected chi connectivity index (χ0v) is 16.9. The van der Waals surface area contributed by atoms with Crippen LogP contribution in [0, 0.1) is 6.92 Å². The van der Waals surface area contributed by atoms with E-state index in [2.05, 4.69) is 10.2 Å². The minimum atomic E-state index is -0.384. The molecule has 0 amide bonds. The number of hydrogen-bond donors (Lipinski definition) is 1. The molecule has 0 fully saturated rings. The first-order valence-electron chi connectivity index (χ1n) is 9.19. The lowest BCUT2D eigenvalue weighted by atomic mass is 10.1. The first kappa shape index (κ1) is 19.9. The number of carbonyl (C=O) groups is 1. The van der Waals surface area contributed by atoms with Gasteiger partial charge in [0, 0.05) is 5.69 Å². The molecule has 1 unspecified atom stereocenters. The zero-order valence-electron chi connectivity index (χ0n) is 16.1. The summed E-state index contributed by atoms with van der Waals surface area (Å²) in [5.74, 6) is 0.373. The Balaban J connectivity index is 2.09. The van der Waals surface area contributed by atoms with E-state index in [0.29, 0.717) is 29.6 Å². The number of para-hydroxylation sites is 1. The molecule has 7 heteroatoms. The molecule has 0 saturated heterocycles. The number of phenols is 1. The molecule has 1 heterocycles. The quantitative estimate of drug-likeness (QED) is 0.471. The third-order valence-corrected chi connectivity index (χ3v) is 5.52. The Bertz CT molecular complexity index is 954. The molecular weight excluding hydrogens is 374 g/mol. The Morgan fingerprint density at radius 3 is 2.50 bits per heavy atom. The standard InChI is InChI=1S/C21H23N3O3S/c1-4-18(20(26)27-5-2)28-21-23-22-19(16-8-6-7-9-17(16)25)24(21)15-12-10-14(3)11-13-15/h6-13,18,25H,4-5H2,1-3H3. The van der Waals surface area contributed by atoms with E-state index < -0.39 is 0 Å². The Hall–Kier alpha value is -2.80. The van der Waals surface area contributed by atoms with E-state index in [4.69, 9.17) is 4.74 Å². The third kappa shape index (κ3) is 4.20. The smallest absolute Gasteiger partial charge is 0.319 e. The molecule has 0 bridgehead atoms. The Labute approximate surface area is 168 Å². The van der Waals surface area contributed by atoms with E-state index in [9.17, 15) is 9.90 Å². The summed E-state index contributed by atoms with van der Waals surface area (Å²) in [5, 5.41) is 19.1. The largest absolute Gasteiger partial charge is 0.507 e. The molecule has 1 aromatic heterocycles. The van der Waals surface area contributed by atoms with Crippen molar-refractivity contribution >= 4 is 17.7 Å². The van der Waals surface area contributed by atoms with E-state index in [0.717, 1.165) is 11.3 Å². The van der Waals surface area contributed by atoms with Crippen LogP contribution in [0.3, 0.4) is 0 Å². The lowest BCUT2D eigenvalue weighted by Gasteiger charge is -2.15. The van der Waals surface area contributed by atoms with E-state index in [1.165, 1.54) is 11.8 Å². The van der Waals surface area contributed by atoms with E-state index in [-0.39, 0.29) is 17.0 Å². The fourth-order valence-corrected chi connectivity index (χ4v) is 3.74. The van der Waals surface area contributed by atoms with Crippen molar-refractivity contribution in [3.63, 3.8) is 0 Å². The van der Waals surface area contributed by atoms with Gasteiger partial charge in [-0.3, -0.25) is 9.36 Å². The van der Waals surface area contributed by atoms with Crippen LogP contribution in [0.15, 0.2) is 53.7 Å². The Morgan fingerprint density at radius 1 is 1.14 bits per heavy atom. The minimum Gasteiger partial charge on any atom is -0.507 e. The van der Waals surface area contributed by atoms with Crippen LogP contribution in [0.1, 0.15) is 25.8 Å². The van der Waals surface area contributed by atoms with Crippen LogP contribution >= 0.6 is 11.8 Å². The van der Waals surface area contributed by atoms with Gasteiger partial charge in [-0.05, 0) is 44.5 Å². The number of hydrogen-bond acceptors (Lipinski definition) is 6. The number of thioether (sulfide) groups is 1. The molecule has 28 heavy (non-hydrogen) atoms. The highest BCUT2D eigenvalue weighted by atomic mass is 32.2. The van der Waals surface area contributed by atoms with Gasteiger partial charge < -0.3 is 9.84 Å². The zero-order chi connectivity index (χ0) is 20.1. The second-order valence-corrected chi connectivity index (χ2v) is 7.43. The summed E-state index contributed by atoms with van der Waals surface area (Å²) in [5.41, 5.74) is 2.56. The summed E-state index contributed by atoms with van der Waals surface area (Å²) in [6.45, 7) is 6.08. The SMILES string of the molecule is CCOC(=O)C(CC)Sc1nnc(-c2ccccc2O)n1-c1ccc(C)cc1. The van der Waals surface area contributed by atoms with Crippen molar-refractivity contribution in [2.24, 2.45) is 0 Å². The van der Waals surface area contributed by atoms with Crippen molar-refractivity contribution < 1.29 is 14.6 Å². The molecule has 1 N–H and O–H groups in total. The number of carbonyl (C=O) groups excluding carboxylic acids is 1. The van der Waals surface area contributed by atoms with Gasteiger partial charge >= 0.3 is 5.97 Å². The molecule has 0 aliphatic carbocycles. The molecule has 1 atom stereocenters. The minimum absolute atomic E-state index is 0.122. The average molecular weight is 398 g/mol. The summed E-state index contributed by atoms with van der Waals surface area (Å²) in [7, 11) is 0. The topological polar surface area (TPSA) is 77.2 Å². The number of aromatic hydroxyl groups is 1. The predicted molar refractivity (Wildman–Crippen MR) is 110 cm³/mol. The predicted octanol–water partition coefficient (Wildman–Crippen LogP) is 4.38. The molecule has 146 valence electrons. The normalized spacial score (nSPS) is 12.0. The molecular formula is C21H23N3O3S. The van der Waals surface area contributed by atoms with E-state index >= 15 is 0 Å². The third-order valence-electron chi connectivity index (χ3n) is 4.24. The number of nitrogens with zero attached hydrogens (tertiary/aromatic N) is 3. The molecule has 0 saturated carbocycles. The van der Waals surface area contributed by atoms with Crippen molar-refractivity contribution in [3.8, 4) is 22.8 Å². The van der Waals surface area contributed by atoms with Crippen molar-refractivity contribution in [1.29, 1.82) is 0 Å². The van der Waals surface area contributed by atoms with Crippen molar-refractivity contribution in [2.45, 2.75) is 37.6 Å². The molecule has 0 aliphatic heterocycles. The molecule has 0 radical (unpaired) electrons. The summed E-state index contributed by atoms with van der Waals surface area (Å²) < 4.78 is 7.04. The molecule has 2 aromatic carbocycles. The molecule has 0 aliphatic rings. The van der Waals surface area contributed by atoms with Crippen molar-refractivity contribution in [1.82, 2.24) is 14.8 Å². The second kappa shape index (κ2) is 8.93. The highest BCUT2D eigenvalue weighted by molar-refractivity contribution is 8.00. The van der Waals surface area contributed by atoms with Gasteiger partial charge in [0.1, 0.15) is 11.0 Å². The van der Waals surface area contributed by atoms with Crippen molar-refractivity contribution in [3.05, 3.63) is 54.1 Å². The van der Waals surface area contributed by atoms with E-state index in [1.54, 1.807) is 25.1 Å². The second-order valence-electron chi connectivity index (χ2n) is 6.26. The molecule has 0 spiro atoms. The maximum Gasteiger partial charge on any atom is 0.319 e. The Morgan fingerprint density at radius 2 is 1.86 bits per heavy atom. The summed E-state index contributed by atoms with van der Waals surface area (Å²) in [4.78, 5) is 12.3. The number of rotatable bonds is 7. The van der Waals surface area contributed by atoms with Gasteiger partial charge in [0.05, 0.1) is 12.2 Å². The summed E-state index contributed by atoms with van der Waals surface area (Å²) in [6, 6.07) is 14.9. The average Bonchev–Trinajstić information content (AvgIpc) is 3.10. The lowest BCUT2D eigenvalue weighted by Crippen LogP contribution is -2.20. The first-order chi connectivity index (χ1) is 13.5. The van der Waals surface area contributed by atoms with Crippen molar-refractivity contribution in [2.75, 3.05) is 6.61 Å². The summed E-state index contributed by atoms with van der Waals surface area (Å²) in [6.07, 6.45) is 0.607. The van der Waals surface area contributed by atoms with Crippen LogP contribution in [0.4, 0.5) is 0 Å². The van der Waals surface area contributed by atoms with Crippen LogP contribution in [0.5, 0.6) is 5.75 Å². The lowest BCUT2D eigenvalue weighted by molar-refractivity contribution is -0.142. The van der Waals surface area contributed by atoms with Gasteiger partial charge in [-0.15, -0.1) is 10.2 Å². The number of ether oxygens (including phenoxy) is 1. The maximum absolute atomic E-state index is 12.3. The number of esters is 1. The maximum atomic E-state index is 12.3. The monoisotopic (exact) mass is 397 g/mol. The number of aryl methyl sites for hydroxylation is 1. The van der Waals surface area contributed by atoms with Gasteiger partial charge in [0.25, 0.3) is 0 Å². The van der Waals surface area contributed by atoms with Gasteiger partial charge in [-0.1, -0.05) is 48.5 Å². The molecule has 3 aromatic rings. The first-order valence-corrected chi connectivity index (χ1v) is 10.1. The fraction of sp³-hybridized carbons (Fsp3) is 0.286. The molecule has 3 rings (SSSR count). The Kier molecular flexibility index (Phi) is 6.36. The van der Waals surface area contributed by atoms with Gasteiger partial charge in [-0.25, -0.2) is 0 Å². The number of benzene rings is 2. The number of aromatic nitrogens is 3. The van der Waals surface area contributed by atoms with Gasteiger partial charge in [-0.2, -0.15) is 0 Å². The van der Waals surface area contributed by atoms with Gasteiger partial charge in [0.15, 0.2) is 11.0 Å². The van der Waals surface area contributed by atoms with E-state index in [1.807, 2.05) is 48.7 Å². The highest BCUT2D eigenvalue weighted by Gasteiger charge is 2.25. The van der Waals surface area contributed by atoms with Crippen LogP contribution < -0.4 is 0 Å². The molecule has 6 nitrogen and oxygen atoms in total. The van der Waals surface area contributed by atoms with Crippen LogP contribution in [0.2, 0.25) is 0 Å². The van der Waals surface area contributed by atoms with Crippen LogP contribution in [0.25, 0.3) is 17.1 Å². The fourth-order valence-electron chi connectivity index (χ4n) is 2.77. The number of phenolic OH excluding ortho intramolecular Hbond substituents is 1. The van der Waals surface area contributed by atoms with Crippen LogP contribution in [-0.2, 0) is 9.53 Å². The summed E-state index contributed by atoms with van der Waals surface area (Å²) >= 11 is 1.32. The van der Waals surface area contributed by atoms with Gasteiger partial charge in [0.2, 0.25) is 0 Å². The highest BCUT2D eigenvalue weighted by Crippen LogP contribution is 2.34. The van der Waals surface area contributed by atoms with Crippen LogP contribution in [-0.4, -0.2) is 37.7 Å².